The molecule has 1 heterocycles. The zero-order valence-electron chi connectivity index (χ0n) is 12.6. The van der Waals surface area contributed by atoms with Gasteiger partial charge in [0.25, 0.3) is 0 Å². The first-order valence-corrected chi connectivity index (χ1v) is 8.30. The first-order chi connectivity index (χ1) is 9.77. The van der Waals surface area contributed by atoms with Crippen molar-refractivity contribution in [2.75, 3.05) is 19.6 Å². The van der Waals surface area contributed by atoms with Crippen molar-refractivity contribution in [3.8, 4) is 0 Å². The van der Waals surface area contributed by atoms with Crippen molar-refractivity contribution in [2.24, 2.45) is 11.1 Å². The summed E-state index contributed by atoms with van der Waals surface area (Å²) in [6, 6.07) is 10.7. The van der Waals surface area contributed by atoms with Gasteiger partial charge in [-0.25, -0.2) is 0 Å². The number of benzene rings is 1. The van der Waals surface area contributed by atoms with Gasteiger partial charge in [-0.3, -0.25) is 0 Å². The van der Waals surface area contributed by atoms with Crippen molar-refractivity contribution < 1.29 is 0 Å². The molecule has 2 N–H and O–H groups in total. The summed E-state index contributed by atoms with van der Waals surface area (Å²) in [5.74, 6) is 0. The molecule has 1 unspecified atom stereocenters. The molecule has 1 saturated carbocycles. The zero-order valence-corrected chi connectivity index (χ0v) is 12.6. The molecule has 2 aliphatic rings. The van der Waals surface area contributed by atoms with Gasteiger partial charge in [-0.05, 0) is 36.8 Å². The molecule has 2 heteroatoms. The van der Waals surface area contributed by atoms with Gasteiger partial charge in [0.15, 0.2) is 0 Å². The van der Waals surface area contributed by atoms with Crippen LogP contribution in [-0.2, 0) is 0 Å². The first kappa shape index (κ1) is 14.1. The van der Waals surface area contributed by atoms with E-state index in [1.54, 1.807) is 0 Å². The maximum absolute atomic E-state index is 6.29. The standard InChI is InChI=1S/C18H28N2/c19-17(16-8-4-3-5-9-16)10-13-20-14-18(15-20)11-6-1-2-7-12-18/h3-5,8-9,17H,1-2,6-7,10-15,19H2. The van der Waals surface area contributed by atoms with Gasteiger partial charge in [0.1, 0.15) is 0 Å². The highest BCUT2D eigenvalue weighted by molar-refractivity contribution is 5.18. The summed E-state index contributed by atoms with van der Waals surface area (Å²) in [5.41, 5.74) is 8.25. The van der Waals surface area contributed by atoms with Crippen molar-refractivity contribution in [3.05, 3.63) is 35.9 Å². The molecule has 1 aromatic carbocycles. The number of nitrogens with two attached hydrogens (primary N) is 1. The Kier molecular flexibility index (Phi) is 4.42. The quantitative estimate of drug-likeness (QED) is 0.905. The second-order valence-electron chi connectivity index (χ2n) is 6.93. The SMILES string of the molecule is NC(CCN1CC2(CCCCCC2)C1)c1ccccc1. The van der Waals surface area contributed by atoms with E-state index in [1.807, 2.05) is 0 Å². The number of nitrogens with zero attached hydrogens (tertiary/aromatic N) is 1. The van der Waals surface area contributed by atoms with Crippen LogP contribution in [0.4, 0.5) is 0 Å². The topological polar surface area (TPSA) is 29.3 Å². The molecule has 110 valence electrons. The molecule has 0 radical (unpaired) electrons. The van der Waals surface area contributed by atoms with Crippen molar-refractivity contribution in [2.45, 2.75) is 51.0 Å². The van der Waals surface area contributed by atoms with Gasteiger partial charge in [0.05, 0.1) is 0 Å². The van der Waals surface area contributed by atoms with Crippen molar-refractivity contribution >= 4 is 0 Å². The summed E-state index contributed by atoms with van der Waals surface area (Å²) in [6.07, 6.45) is 9.85. The lowest BCUT2D eigenvalue weighted by molar-refractivity contribution is -0.0131. The van der Waals surface area contributed by atoms with Crippen LogP contribution < -0.4 is 5.73 Å². The highest BCUT2D eigenvalue weighted by atomic mass is 15.2. The van der Waals surface area contributed by atoms with Crippen molar-refractivity contribution in [1.82, 2.24) is 4.90 Å². The van der Waals surface area contributed by atoms with Crippen LogP contribution in [0.25, 0.3) is 0 Å². The van der Waals surface area contributed by atoms with E-state index < -0.39 is 0 Å². The van der Waals surface area contributed by atoms with E-state index in [1.165, 1.54) is 57.2 Å². The van der Waals surface area contributed by atoms with Gasteiger partial charge in [0, 0.05) is 19.1 Å². The lowest BCUT2D eigenvalue weighted by Crippen LogP contribution is -2.56. The Morgan fingerprint density at radius 2 is 1.65 bits per heavy atom. The molecule has 2 fully saturated rings. The monoisotopic (exact) mass is 272 g/mol. The molecule has 1 aromatic rings. The number of rotatable bonds is 4. The molecule has 20 heavy (non-hydrogen) atoms. The van der Waals surface area contributed by atoms with Crippen LogP contribution >= 0.6 is 0 Å². The third-order valence-electron chi connectivity index (χ3n) is 5.27. The molecule has 1 aliphatic heterocycles. The minimum absolute atomic E-state index is 0.196. The summed E-state index contributed by atoms with van der Waals surface area (Å²) in [5, 5.41) is 0. The smallest absolute Gasteiger partial charge is 0.0307 e. The van der Waals surface area contributed by atoms with Crippen molar-refractivity contribution in [1.29, 1.82) is 0 Å². The highest BCUT2D eigenvalue weighted by Gasteiger charge is 2.41. The van der Waals surface area contributed by atoms with Crippen LogP contribution in [0.3, 0.4) is 0 Å². The Morgan fingerprint density at radius 3 is 2.30 bits per heavy atom. The largest absolute Gasteiger partial charge is 0.324 e. The Morgan fingerprint density at radius 1 is 1.00 bits per heavy atom. The molecule has 2 nitrogen and oxygen atoms in total. The second kappa shape index (κ2) is 6.28. The van der Waals surface area contributed by atoms with Crippen LogP contribution in [0.5, 0.6) is 0 Å². The zero-order chi connectivity index (χ0) is 13.8. The number of hydrogen-bond acceptors (Lipinski definition) is 2. The van der Waals surface area contributed by atoms with Crippen LogP contribution in [-0.4, -0.2) is 24.5 Å². The van der Waals surface area contributed by atoms with E-state index in [0.29, 0.717) is 5.41 Å². The third-order valence-corrected chi connectivity index (χ3v) is 5.27. The minimum atomic E-state index is 0.196. The van der Waals surface area contributed by atoms with E-state index in [9.17, 15) is 0 Å². The summed E-state index contributed by atoms with van der Waals surface area (Å²) >= 11 is 0. The van der Waals surface area contributed by atoms with E-state index >= 15 is 0 Å². The number of hydrogen-bond donors (Lipinski definition) is 1. The fraction of sp³-hybridized carbons (Fsp3) is 0.667. The van der Waals surface area contributed by atoms with Gasteiger partial charge in [0.2, 0.25) is 0 Å². The maximum Gasteiger partial charge on any atom is 0.0307 e. The third kappa shape index (κ3) is 3.24. The van der Waals surface area contributed by atoms with E-state index in [4.69, 9.17) is 5.73 Å². The van der Waals surface area contributed by atoms with Crippen LogP contribution in [0.2, 0.25) is 0 Å². The molecule has 1 atom stereocenters. The predicted molar refractivity (Wildman–Crippen MR) is 84.6 cm³/mol. The summed E-state index contributed by atoms with van der Waals surface area (Å²) in [4.78, 5) is 2.62. The number of likely N-dealkylation sites (tertiary alicyclic amines) is 1. The molecular formula is C18H28N2. The Hall–Kier alpha value is -0.860. The van der Waals surface area contributed by atoms with Gasteiger partial charge < -0.3 is 10.6 Å². The van der Waals surface area contributed by atoms with Crippen LogP contribution in [0.15, 0.2) is 30.3 Å². The normalized spacial score (nSPS) is 24.1. The van der Waals surface area contributed by atoms with Crippen LogP contribution in [0, 0.1) is 5.41 Å². The maximum atomic E-state index is 6.29. The molecule has 3 rings (SSSR count). The summed E-state index contributed by atoms with van der Waals surface area (Å²) in [7, 11) is 0. The van der Waals surface area contributed by atoms with E-state index in [0.717, 1.165) is 13.0 Å². The fourth-order valence-corrected chi connectivity index (χ4v) is 4.04. The molecule has 0 amide bonds. The van der Waals surface area contributed by atoms with Gasteiger partial charge in [-0.2, -0.15) is 0 Å². The molecular weight excluding hydrogens is 244 g/mol. The van der Waals surface area contributed by atoms with Gasteiger partial charge in [-0.1, -0.05) is 56.0 Å². The summed E-state index contributed by atoms with van der Waals surface area (Å²) < 4.78 is 0. The molecule has 0 aromatic heterocycles. The minimum Gasteiger partial charge on any atom is -0.324 e. The predicted octanol–water partition coefficient (Wildman–Crippen LogP) is 3.73. The van der Waals surface area contributed by atoms with Crippen LogP contribution in [0.1, 0.15) is 56.6 Å². The lowest BCUT2D eigenvalue weighted by Gasteiger charge is -2.51. The Balaban J connectivity index is 1.43. The second-order valence-corrected chi connectivity index (χ2v) is 6.93. The molecule has 1 aliphatic carbocycles. The van der Waals surface area contributed by atoms with Gasteiger partial charge in [-0.15, -0.1) is 0 Å². The Bertz CT molecular complexity index is 399. The average Bonchev–Trinajstić information content (AvgIpc) is 2.70. The summed E-state index contributed by atoms with van der Waals surface area (Å²) in [6.45, 7) is 3.82. The van der Waals surface area contributed by atoms with E-state index in [2.05, 4.69) is 35.2 Å². The highest BCUT2D eigenvalue weighted by Crippen LogP contribution is 2.42. The van der Waals surface area contributed by atoms with Crippen molar-refractivity contribution in [3.63, 3.8) is 0 Å². The molecule has 1 spiro atoms. The molecule has 0 bridgehead atoms. The molecule has 1 saturated heterocycles. The lowest BCUT2D eigenvalue weighted by atomic mass is 9.73. The Labute approximate surface area is 123 Å². The fourth-order valence-electron chi connectivity index (χ4n) is 4.04. The first-order valence-electron chi connectivity index (χ1n) is 8.30. The van der Waals surface area contributed by atoms with E-state index in [-0.39, 0.29) is 6.04 Å². The van der Waals surface area contributed by atoms with Gasteiger partial charge >= 0.3 is 0 Å². The average molecular weight is 272 g/mol.